The zero-order chi connectivity index (χ0) is 24.7. The highest BCUT2D eigenvalue weighted by Gasteiger charge is 2.49. The molecule has 1 saturated heterocycles. The molecule has 9 nitrogen and oxygen atoms in total. The van der Waals surface area contributed by atoms with Crippen molar-refractivity contribution in [2.24, 2.45) is 11.8 Å². The van der Waals surface area contributed by atoms with Gasteiger partial charge in [0, 0.05) is 31.5 Å². The molecule has 2 N–H and O–H groups in total. The molecule has 1 fully saturated rings. The summed E-state index contributed by atoms with van der Waals surface area (Å²) in [7, 11) is 4.62. The molecular formula is C26H31NO8. The molecule has 2 aromatic rings. The lowest BCUT2D eigenvalue weighted by atomic mass is 9.64. The molecule has 2 heterocycles. The van der Waals surface area contributed by atoms with Crippen LogP contribution in [-0.4, -0.2) is 68.8 Å². The van der Waals surface area contributed by atoms with E-state index in [2.05, 4.69) is 0 Å². The van der Waals surface area contributed by atoms with Crippen LogP contribution in [0.1, 0.15) is 41.6 Å². The van der Waals surface area contributed by atoms with Crippen molar-refractivity contribution in [3.05, 3.63) is 41.0 Å². The largest absolute Gasteiger partial charge is 0.493 e. The number of hydrogen-bond donors (Lipinski definition) is 2. The predicted octanol–water partition coefficient (Wildman–Crippen LogP) is 2.47. The van der Waals surface area contributed by atoms with Crippen LogP contribution in [0, 0.1) is 11.8 Å². The number of rotatable bonds is 6. The average Bonchev–Trinajstić information content (AvgIpc) is 3.58. The van der Waals surface area contributed by atoms with Gasteiger partial charge in [0.2, 0.25) is 18.4 Å². The van der Waals surface area contributed by atoms with Gasteiger partial charge in [-0.25, -0.2) is 0 Å². The maximum Gasteiger partial charge on any atom is 0.231 e. The van der Waals surface area contributed by atoms with Crippen LogP contribution in [-0.2, 0) is 4.79 Å². The van der Waals surface area contributed by atoms with E-state index in [1.807, 2.05) is 23.1 Å². The summed E-state index contributed by atoms with van der Waals surface area (Å²) < 4.78 is 27.9. The molecule has 3 aliphatic rings. The number of carbonyl (C=O) groups is 1. The Hall–Kier alpha value is -3.17. The van der Waals surface area contributed by atoms with Gasteiger partial charge in [0.05, 0.1) is 33.4 Å². The average molecular weight is 486 g/mol. The molecule has 188 valence electrons. The van der Waals surface area contributed by atoms with E-state index in [4.69, 9.17) is 23.7 Å². The van der Waals surface area contributed by atoms with E-state index in [-0.39, 0.29) is 19.3 Å². The van der Waals surface area contributed by atoms with Crippen LogP contribution in [0.25, 0.3) is 0 Å². The van der Waals surface area contributed by atoms with Crippen molar-refractivity contribution in [2.45, 2.75) is 24.9 Å². The fourth-order valence-electron chi connectivity index (χ4n) is 5.72. The molecule has 5 rings (SSSR count). The molecule has 2 aliphatic heterocycles. The van der Waals surface area contributed by atoms with Gasteiger partial charge in [0.15, 0.2) is 23.0 Å². The van der Waals surface area contributed by atoms with Gasteiger partial charge >= 0.3 is 0 Å². The molecule has 0 aromatic heterocycles. The van der Waals surface area contributed by atoms with Crippen molar-refractivity contribution in [2.75, 3.05) is 47.8 Å². The van der Waals surface area contributed by atoms with Crippen LogP contribution < -0.4 is 23.7 Å². The van der Waals surface area contributed by atoms with Crippen molar-refractivity contribution in [3.63, 3.8) is 0 Å². The number of benzene rings is 2. The number of amides is 1. The summed E-state index contributed by atoms with van der Waals surface area (Å²) in [6, 6.07) is 7.26. The Morgan fingerprint density at radius 3 is 2.11 bits per heavy atom. The first-order valence-corrected chi connectivity index (χ1v) is 11.8. The number of methoxy groups -OCH3 is 3. The van der Waals surface area contributed by atoms with Crippen LogP contribution in [0.3, 0.4) is 0 Å². The fraction of sp³-hybridized carbons (Fsp3) is 0.500. The number of carbonyl (C=O) groups excluding carboxylic acids is 1. The maximum atomic E-state index is 13.9. The van der Waals surface area contributed by atoms with E-state index in [0.29, 0.717) is 47.4 Å². The van der Waals surface area contributed by atoms with Gasteiger partial charge in [0.1, 0.15) is 0 Å². The first kappa shape index (κ1) is 23.6. The number of ether oxygens (including phenoxy) is 5. The van der Waals surface area contributed by atoms with E-state index in [1.165, 1.54) is 7.11 Å². The molecule has 4 atom stereocenters. The Kier molecular flexibility index (Phi) is 6.37. The van der Waals surface area contributed by atoms with Gasteiger partial charge in [-0.15, -0.1) is 0 Å². The van der Waals surface area contributed by atoms with Gasteiger partial charge < -0.3 is 38.8 Å². The maximum absolute atomic E-state index is 13.9. The van der Waals surface area contributed by atoms with E-state index < -0.39 is 23.9 Å². The minimum atomic E-state index is -1.04. The minimum Gasteiger partial charge on any atom is -0.493 e. The van der Waals surface area contributed by atoms with E-state index >= 15 is 0 Å². The third-order valence-corrected chi connectivity index (χ3v) is 7.42. The summed E-state index contributed by atoms with van der Waals surface area (Å²) in [5, 5.41) is 21.8. The summed E-state index contributed by atoms with van der Waals surface area (Å²) in [6.07, 6.45) is 0.837. The lowest BCUT2D eigenvalue weighted by Gasteiger charge is -2.42. The summed E-state index contributed by atoms with van der Waals surface area (Å²) in [4.78, 5) is 15.8. The lowest BCUT2D eigenvalue weighted by Crippen LogP contribution is -2.46. The molecule has 1 amide bonds. The number of nitrogens with zero attached hydrogens (tertiary/aromatic N) is 1. The van der Waals surface area contributed by atoms with Crippen molar-refractivity contribution < 1.29 is 38.7 Å². The van der Waals surface area contributed by atoms with Crippen LogP contribution >= 0.6 is 0 Å². The topological polar surface area (TPSA) is 107 Å². The third kappa shape index (κ3) is 3.83. The van der Waals surface area contributed by atoms with Crippen LogP contribution in [0.5, 0.6) is 28.7 Å². The van der Waals surface area contributed by atoms with E-state index in [1.54, 1.807) is 20.3 Å². The Labute approximate surface area is 204 Å². The highest BCUT2D eigenvalue weighted by Crippen LogP contribution is 2.54. The minimum absolute atomic E-state index is 0.0809. The molecule has 0 spiro atoms. The third-order valence-electron chi connectivity index (χ3n) is 7.42. The smallest absolute Gasteiger partial charge is 0.231 e. The molecule has 0 saturated carbocycles. The summed E-state index contributed by atoms with van der Waals surface area (Å²) in [6.45, 7) is 1.07. The Balaban J connectivity index is 1.74. The van der Waals surface area contributed by atoms with Gasteiger partial charge in [-0.1, -0.05) is 0 Å². The summed E-state index contributed by atoms with van der Waals surface area (Å²) in [5.74, 6) is 0.469. The van der Waals surface area contributed by atoms with E-state index in [9.17, 15) is 15.0 Å². The van der Waals surface area contributed by atoms with Gasteiger partial charge in [0.25, 0.3) is 0 Å². The molecule has 0 bridgehead atoms. The number of aliphatic hydroxyl groups is 2. The standard InChI is InChI=1S/C26H31NO8/c1-31-20-8-14(9-21(32-2)25(20)33-3)22-15-10-18-19(35-13-34-18)11-16(15)24(29)17(12-28)23(22)26(30)27-6-4-5-7-27/h8-11,17,22-24,28-29H,4-7,12-13H2,1-3H3/t17-,22+,23-,24-/m0/s1. The quantitative estimate of drug-likeness (QED) is 0.643. The van der Waals surface area contributed by atoms with Crippen LogP contribution in [0.4, 0.5) is 0 Å². The predicted molar refractivity (Wildman–Crippen MR) is 125 cm³/mol. The highest BCUT2D eigenvalue weighted by molar-refractivity contribution is 5.82. The van der Waals surface area contributed by atoms with Crippen LogP contribution in [0.2, 0.25) is 0 Å². The number of hydrogen-bond acceptors (Lipinski definition) is 8. The zero-order valence-electron chi connectivity index (χ0n) is 20.2. The molecule has 35 heavy (non-hydrogen) atoms. The fourth-order valence-corrected chi connectivity index (χ4v) is 5.72. The molecule has 9 heteroatoms. The molecule has 0 unspecified atom stereocenters. The lowest BCUT2D eigenvalue weighted by molar-refractivity contribution is -0.141. The van der Waals surface area contributed by atoms with Crippen molar-refractivity contribution in [3.8, 4) is 28.7 Å². The normalized spacial score (nSPS) is 24.8. The second kappa shape index (κ2) is 9.47. The first-order chi connectivity index (χ1) is 17.0. The number of fused-ring (bicyclic) bond motifs is 2. The van der Waals surface area contributed by atoms with Crippen molar-refractivity contribution in [1.82, 2.24) is 4.90 Å². The van der Waals surface area contributed by atoms with Gasteiger partial charge in [-0.05, 0) is 53.8 Å². The second-order valence-electron chi connectivity index (χ2n) is 9.12. The van der Waals surface area contributed by atoms with Crippen molar-refractivity contribution >= 4 is 5.91 Å². The number of aliphatic hydroxyl groups excluding tert-OH is 2. The second-order valence-corrected chi connectivity index (χ2v) is 9.12. The molecule has 2 aromatic carbocycles. The Morgan fingerprint density at radius 1 is 0.971 bits per heavy atom. The van der Waals surface area contributed by atoms with E-state index in [0.717, 1.165) is 24.0 Å². The zero-order valence-corrected chi connectivity index (χ0v) is 20.2. The monoisotopic (exact) mass is 485 g/mol. The van der Waals surface area contributed by atoms with Gasteiger partial charge in [-0.3, -0.25) is 4.79 Å². The molecular weight excluding hydrogens is 454 g/mol. The molecule has 1 aliphatic carbocycles. The summed E-state index contributed by atoms with van der Waals surface area (Å²) in [5.41, 5.74) is 2.11. The Bertz CT molecular complexity index is 1090. The first-order valence-electron chi connectivity index (χ1n) is 11.8. The Morgan fingerprint density at radius 2 is 1.57 bits per heavy atom. The van der Waals surface area contributed by atoms with Crippen LogP contribution in [0.15, 0.2) is 24.3 Å². The summed E-state index contributed by atoms with van der Waals surface area (Å²) >= 11 is 0. The molecule has 0 radical (unpaired) electrons. The number of likely N-dealkylation sites (tertiary alicyclic amines) is 1. The van der Waals surface area contributed by atoms with Crippen molar-refractivity contribution in [1.29, 1.82) is 0 Å². The SMILES string of the molecule is COc1cc([C@@H]2c3cc4c(cc3[C@H](O)[C@@H](CO)[C@@H]2C(=O)N2CCCC2)OCO4)cc(OC)c1OC. The van der Waals surface area contributed by atoms with Gasteiger partial charge in [-0.2, -0.15) is 0 Å². The highest BCUT2D eigenvalue weighted by atomic mass is 16.7.